The van der Waals surface area contributed by atoms with Crippen molar-refractivity contribution in [3.63, 3.8) is 0 Å². The zero-order valence-electron chi connectivity index (χ0n) is 29.7. The first-order valence-electron chi connectivity index (χ1n) is 18.3. The number of likely N-dealkylation sites (tertiary alicyclic amines) is 2. The molecule has 0 unspecified atom stereocenters. The molecule has 7 rings (SSSR count). The summed E-state index contributed by atoms with van der Waals surface area (Å²) in [5, 5.41) is 3.74. The highest BCUT2D eigenvalue weighted by Crippen LogP contribution is 2.38. The van der Waals surface area contributed by atoms with Crippen molar-refractivity contribution in [2.75, 3.05) is 65.1 Å². The standard InChI is InChI=1S/C37H45BrF3N9O3/c1-46-11-4-12-47(18-17-46)24-7-13-48(14-8-24)34(51)30(21-23-19-27(37(39,40)41)32(42)28(38)20-23)44-35(52)49-15-9-25(10-16-49)50-31-22-43-29-6-3-2-5-26(29)33(31)45-36(50)53/h2-3,5-6,19-20,22,24-25,30H,4,7-18,21,42H2,1H3,(H,44,52)(H,45,53)/t30-/m1/s1. The molecule has 2 aromatic heterocycles. The van der Waals surface area contributed by atoms with Crippen LogP contribution >= 0.6 is 15.9 Å². The van der Waals surface area contributed by atoms with Gasteiger partial charge in [-0.15, -0.1) is 0 Å². The third-order valence-corrected chi connectivity index (χ3v) is 11.8. The molecule has 2 aromatic carbocycles. The highest BCUT2D eigenvalue weighted by Gasteiger charge is 2.37. The average molecular weight is 801 g/mol. The van der Waals surface area contributed by atoms with Crippen molar-refractivity contribution >= 4 is 55.5 Å². The minimum atomic E-state index is -4.70. The highest BCUT2D eigenvalue weighted by molar-refractivity contribution is 9.10. The van der Waals surface area contributed by atoms with Crippen LogP contribution < -0.4 is 16.7 Å². The quantitative estimate of drug-likeness (QED) is 0.238. The number of urea groups is 1. The van der Waals surface area contributed by atoms with Crippen LogP contribution in [0.4, 0.5) is 23.7 Å². The van der Waals surface area contributed by atoms with Gasteiger partial charge in [-0.1, -0.05) is 18.2 Å². The van der Waals surface area contributed by atoms with Crippen LogP contribution in [-0.4, -0.2) is 118 Å². The molecule has 0 saturated carbocycles. The Morgan fingerprint density at radius 1 is 0.981 bits per heavy atom. The van der Waals surface area contributed by atoms with Gasteiger partial charge in [-0.3, -0.25) is 19.2 Å². The van der Waals surface area contributed by atoms with E-state index in [1.54, 1.807) is 20.6 Å². The lowest BCUT2D eigenvalue weighted by atomic mass is 9.98. The number of aromatic amines is 1. The lowest BCUT2D eigenvalue weighted by molar-refractivity contribution is -0.137. The number of halogens is 4. The molecule has 0 radical (unpaired) electrons. The van der Waals surface area contributed by atoms with E-state index in [4.69, 9.17) is 5.73 Å². The molecule has 0 spiro atoms. The van der Waals surface area contributed by atoms with Crippen LogP contribution in [0.25, 0.3) is 21.9 Å². The number of anilines is 1. The van der Waals surface area contributed by atoms with Crippen LogP contribution in [0.2, 0.25) is 0 Å². The smallest absolute Gasteiger partial charge is 0.397 e. The van der Waals surface area contributed by atoms with Crippen molar-refractivity contribution in [1.29, 1.82) is 0 Å². The molecule has 3 aliphatic heterocycles. The number of nitrogen functional groups attached to an aromatic ring is 1. The number of rotatable bonds is 6. The number of benzene rings is 2. The first-order chi connectivity index (χ1) is 25.4. The maximum atomic E-state index is 14.2. The third kappa shape index (κ3) is 7.90. The summed E-state index contributed by atoms with van der Waals surface area (Å²) in [7, 11) is 2.13. The minimum absolute atomic E-state index is 0.0709. The normalized spacial score (nSPS) is 19.5. The average Bonchev–Trinajstić information content (AvgIpc) is 3.33. The Balaban J connectivity index is 1.06. The zero-order chi connectivity index (χ0) is 37.4. The maximum absolute atomic E-state index is 14.2. The van der Waals surface area contributed by atoms with E-state index in [1.807, 2.05) is 24.3 Å². The van der Waals surface area contributed by atoms with E-state index >= 15 is 0 Å². The highest BCUT2D eigenvalue weighted by atomic mass is 79.9. The number of aromatic nitrogens is 3. The predicted molar refractivity (Wildman–Crippen MR) is 201 cm³/mol. The lowest BCUT2D eigenvalue weighted by Crippen LogP contribution is -2.56. The topological polar surface area (TPSA) is 136 Å². The van der Waals surface area contributed by atoms with Crippen LogP contribution in [0.15, 0.2) is 51.9 Å². The number of fused-ring (bicyclic) bond motifs is 3. The fraction of sp³-hybridized carbons (Fsp3) is 0.514. The molecule has 0 bridgehead atoms. The van der Waals surface area contributed by atoms with Gasteiger partial charge < -0.3 is 30.7 Å². The van der Waals surface area contributed by atoms with Gasteiger partial charge in [0.2, 0.25) is 5.91 Å². The molecule has 3 aliphatic rings. The molecular weight excluding hydrogens is 755 g/mol. The number of carbonyl (C=O) groups is 2. The Morgan fingerprint density at radius 3 is 2.42 bits per heavy atom. The number of pyridine rings is 1. The van der Waals surface area contributed by atoms with Crippen LogP contribution in [0.5, 0.6) is 0 Å². The first-order valence-corrected chi connectivity index (χ1v) is 19.1. The summed E-state index contributed by atoms with van der Waals surface area (Å²) in [6, 6.07) is 8.61. The Bertz CT molecular complexity index is 2040. The molecule has 0 aliphatic carbocycles. The summed E-state index contributed by atoms with van der Waals surface area (Å²) in [5.41, 5.74) is 6.51. The van der Waals surface area contributed by atoms with E-state index in [1.165, 1.54) is 6.07 Å². The van der Waals surface area contributed by atoms with Crippen LogP contribution in [-0.2, 0) is 17.4 Å². The van der Waals surface area contributed by atoms with Crippen molar-refractivity contribution in [1.82, 2.24) is 39.5 Å². The van der Waals surface area contributed by atoms with Crippen molar-refractivity contribution in [2.45, 2.75) is 62.8 Å². The number of nitrogens with two attached hydrogens (primary N) is 1. The number of H-pyrrole nitrogens is 1. The molecule has 3 saturated heterocycles. The molecule has 1 atom stereocenters. The molecule has 16 heteroatoms. The Kier molecular flexibility index (Phi) is 10.7. The second-order valence-electron chi connectivity index (χ2n) is 14.5. The molecule has 53 heavy (non-hydrogen) atoms. The van der Waals surface area contributed by atoms with Gasteiger partial charge in [-0.05, 0) is 91.9 Å². The summed E-state index contributed by atoms with van der Waals surface area (Å²) in [6.07, 6.45) is 0.492. The number of nitrogens with zero attached hydrogens (tertiary/aromatic N) is 6. The number of imidazole rings is 1. The zero-order valence-corrected chi connectivity index (χ0v) is 31.3. The number of piperidine rings is 2. The van der Waals surface area contributed by atoms with Gasteiger partial charge in [-0.25, -0.2) is 9.59 Å². The molecule has 4 N–H and O–H groups in total. The van der Waals surface area contributed by atoms with E-state index in [0.29, 0.717) is 56.1 Å². The number of hydrogen-bond acceptors (Lipinski definition) is 7. The molecule has 4 aromatic rings. The van der Waals surface area contributed by atoms with Gasteiger partial charge in [0.25, 0.3) is 0 Å². The number of para-hydroxylation sites is 1. The number of nitrogens with one attached hydrogen (secondary N) is 2. The summed E-state index contributed by atoms with van der Waals surface area (Å²) in [5.74, 6) is -0.325. The number of alkyl halides is 3. The largest absolute Gasteiger partial charge is 0.418 e. The van der Waals surface area contributed by atoms with E-state index in [-0.39, 0.29) is 34.1 Å². The summed E-state index contributed by atoms with van der Waals surface area (Å²) < 4.78 is 43.5. The van der Waals surface area contributed by atoms with Crippen molar-refractivity contribution < 1.29 is 22.8 Å². The van der Waals surface area contributed by atoms with Crippen LogP contribution in [0, 0.1) is 0 Å². The number of amides is 3. The fourth-order valence-corrected chi connectivity index (χ4v) is 8.72. The van der Waals surface area contributed by atoms with Gasteiger partial charge in [0.1, 0.15) is 6.04 Å². The van der Waals surface area contributed by atoms with Crippen molar-refractivity contribution in [3.05, 3.63) is 68.7 Å². The Labute approximate surface area is 313 Å². The Morgan fingerprint density at radius 2 is 1.68 bits per heavy atom. The molecule has 284 valence electrons. The van der Waals surface area contributed by atoms with Gasteiger partial charge in [0.15, 0.2) is 0 Å². The molecule has 3 fully saturated rings. The lowest BCUT2D eigenvalue weighted by Gasteiger charge is -2.39. The van der Waals surface area contributed by atoms with E-state index in [2.05, 4.69) is 48.1 Å². The maximum Gasteiger partial charge on any atom is 0.418 e. The molecule has 3 amide bonds. The van der Waals surface area contributed by atoms with E-state index in [0.717, 1.165) is 62.4 Å². The molecular formula is C37H45BrF3N9O3. The van der Waals surface area contributed by atoms with Gasteiger partial charge in [0, 0.05) is 67.6 Å². The summed E-state index contributed by atoms with van der Waals surface area (Å²) in [6.45, 7) is 5.66. The fourth-order valence-electron chi connectivity index (χ4n) is 8.22. The number of carbonyl (C=O) groups excluding carboxylic acids is 2. The van der Waals surface area contributed by atoms with Gasteiger partial charge in [0.05, 0.1) is 34.0 Å². The second kappa shape index (κ2) is 15.3. The van der Waals surface area contributed by atoms with Crippen molar-refractivity contribution in [2.24, 2.45) is 0 Å². The summed E-state index contributed by atoms with van der Waals surface area (Å²) in [4.78, 5) is 56.8. The first kappa shape index (κ1) is 37.2. The monoisotopic (exact) mass is 799 g/mol. The van der Waals surface area contributed by atoms with Crippen LogP contribution in [0.1, 0.15) is 49.3 Å². The van der Waals surface area contributed by atoms with Gasteiger partial charge in [-0.2, -0.15) is 13.2 Å². The van der Waals surface area contributed by atoms with Gasteiger partial charge >= 0.3 is 17.9 Å². The summed E-state index contributed by atoms with van der Waals surface area (Å²) >= 11 is 3.16. The minimum Gasteiger partial charge on any atom is -0.397 e. The predicted octanol–water partition coefficient (Wildman–Crippen LogP) is 4.83. The number of likely N-dealkylation sites (N-methyl/N-ethyl adjacent to an activating group) is 1. The SMILES string of the molecule is CN1CCCN(C2CCN(C(=O)[C@@H](Cc3cc(Br)c(N)c(C(F)(F)F)c3)NC(=O)N3CCC(n4c(=O)[nH]c5c6ccccc6ncc54)CC3)CC2)CC1. The van der Waals surface area contributed by atoms with Crippen LogP contribution in [0.3, 0.4) is 0 Å². The van der Waals surface area contributed by atoms with Crippen molar-refractivity contribution in [3.8, 4) is 0 Å². The molecule has 5 heterocycles. The third-order valence-electron chi connectivity index (χ3n) is 11.2. The second-order valence-corrected chi connectivity index (χ2v) is 15.4. The Hall–Kier alpha value is -4.15. The van der Waals surface area contributed by atoms with E-state index < -0.39 is 29.5 Å². The number of hydrogen-bond donors (Lipinski definition) is 3. The van der Waals surface area contributed by atoms with E-state index in [9.17, 15) is 27.6 Å². The molecule has 12 nitrogen and oxygen atoms in total.